The summed E-state index contributed by atoms with van der Waals surface area (Å²) in [6, 6.07) is 6.16. The van der Waals surface area contributed by atoms with Crippen molar-refractivity contribution in [1.82, 2.24) is 10.3 Å². The number of hydrogen-bond donors (Lipinski definition) is 1. The molecule has 2 fully saturated rings. The van der Waals surface area contributed by atoms with Crippen molar-refractivity contribution in [3.8, 4) is 0 Å². The summed E-state index contributed by atoms with van der Waals surface area (Å²) in [5.74, 6) is 3.09. The van der Waals surface area contributed by atoms with Gasteiger partial charge >= 0.3 is 0 Å². The highest BCUT2D eigenvalue weighted by Crippen LogP contribution is 2.47. The topological polar surface area (TPSA) is 24.9 Å². The van der Waals surface area contributed by atoms with Gasteiger partial charge < -0.3 is 5.32 Å². The van der Waals surface area contributed by atoms with Crippen molar-refractivity contribution in [2.75, 3.05) is 13.1 Å². The molecule has 17 heavy (non-hydrogen) atoms. The van der Waals surface area contributed by atoms with Gasteiger partial charge in [-0.3, -0.25) is 4.98 Å². The third-order valence-electron chi connectivity index (χ3n) is 4.58. The second-order valence-electron chi connectivity index (χ2n) is 5.71. The zero-order chi connectivity index (χ0) is 11.5. The molecule has 1 N–H and O–H groups in total. The number of pyridine rings is 1. The van der Waals surface area contributed by atoms with E-state index in [-0.39, 0.29) is 0 Å². The number of fused-ring (bicyclic) bond motifs is 2. The zero-order valence-electron chi connectivity index (χ0n) is 10.4. The summed E-state index contributed by atoms with van der Waals surface area (Å²) in [6.07, 6.45) is 8.95. The lowest BCUT2D eigenvalue weighted by molar-refractivity contribution is 0.320. The summed E-state index contributed by atoms with van der Waals surface area (Å²) < 4.78 is 0. The van der Waals surface area contributed by atoms with Crippen molar-refractivity contribution in [2.45, 2.75) is 32.1 Å². The number of nitrogens with zero attached hydrogens (tertiary/aromatic N) is 1. The van der Waals surface area contributed by atoms with Crippen LogP contribution in [-0.4, -0.2) is 18.1 Å². The van der Waals surface area contributed by atoms with Crippen LogP contribution < -0.4 is 5.32 Å². The van der Waals surface area contributed by atoms with Gasteiger partial charge in [0.25, 0.3) is 0 Å². The third-order valence-corrected chi connectivity index (χ3v) is 4.58. The maximum absolute atomic E-state index is 4.35. The normalized spacial score (nSPS) is 30.9. The van der Waals surface area contributed by atoms with Gasteiger partial charge in [0.1, 0.15) is 0 Å². The highest BCUT2D eigenvalue weighted by molar-refractivity contribution is 5.03. The number of hydrogen-bond acceptors (Lipinski definition) is 2. The summed E-state index contributed by atoms with van der Waals surface area (Å²) >= 11 is 0. The van der Waals surface area contributed by atoms with Gasteiger partial charge in [0.15, 0.2) is 0 Å². The Morgan fingerprint density at radius 3 is 2.94 bits per heavy atom. The summed E-state index contributed by atoms with van der Waals surface area (Å²) in [5, 5.41) is 3.62. The van der Waals surface area contributed by atoms with Crippen LogP contribution in [0.2, 0.25) is 0 Å². The van der Waals surface area contributed by atoms with Crippen LogP contribution in [0.1, 0.15) is 31.4 Å². The van der Waals surface area contributed by atoms with E-state index in [2.05, 4.69) is 22.4 Å². The minimum Gasteiger partial charge on any atom is -0.316 e. The SMILES string of the molecule is c1ccc(CCNCC2CC3CCC2C3)nc1. The van der Waals surface area contributed by atoms with Gasteiger partial charge in [-0.1, -0.05) is 12.5 Å². The molecule has 0 aromatic carbocycles. The van der Waals surface area contributed by atoms with Gasteiger partial charge in [0.05, 0.1) is 0 Å². The molecule has 3 atom stereocenters. The molecule has 92 valence electrons. The van der Waals surface area contributed by atoms with E-state index in [1.807, 2.05) is 12.3 Å². The Morgan fingerprint density at radius 2 is 2.24 bits per heavy atom. The van der Waals surface area contributed by atoms with Crippen molar-refractivity contribution < 1.29 is 0 Å². The summed E-state index contributed by atoms with van der Waals surface area (Å²) in [7, 11) is 0. The highest BCUT2D eigenvalue weighted by Gasteiger charge is 2.38. The van der Waals surface area contributed by atoms with Gasteiger partial charge in [-0.25, -0.2) is 0 Å². The Balaban J connectivity index is 1.36. The predicted molar refractivity (Wildman–Crippen MR) is 69.7 cm³/mol. The van der Waals surface area contributed by atoms with E-state index in [1.54, 1.807) is 0 Å². The van der Waals surface area contributed by atoms with Gasteiger partial charge in [0.2, 0.25) is 0 Å². The van der Waals surface area contributed by atoms with Gasteiger partial charge in [-0.2, -0.15) is 0 Å². The molecule has 2 saturated carbocycles. The molecular weight excluding hydrogens is 208 g/mol. The van der Waals surface area contributed by atoms with Gasteiger partial charge in [0, 0.05) is 24.9 Å². The standard InChI is InChI=1S/C15H22N2/c1-2-7-17-15(3-1)6-8-16-11-14-10-12-4-5-13(14)9-12/h1-3,7,12-14,16H,4-6,8-11H2. The first-order chi connectivity index (χ1) is 8.42. The maximum Gasteiger partial charge on any atom is 0.0416 e. The number of rotatable bonds is 5. The van der Waals surface area contributed by atoms with E-state index in [0.717, 1.165) is 30.7 Å². The Kier molecular flexibility index (Phi) is 3.41. The Bertz CT molecular complexity index is 349. The minimum atomic E-state index is 0.970. The zero-order valence-corrected chi connectivity index (χ0v) is 10.4. The van der Waals surface area contributed by atoms with E-state index in [1.165, 1.54) is 37.9 Å². The van der Waals surface area contributed by atoms with Crippen molar-refractivity contribution >= 4 is 0 Å². The Labute approximate surface area is 104 Å². The largest absolute Gasteiger partial charge is 0.316 e. The van der Waals surface area contributed by atoms with E-state index in [0.29, 0.717) is 0 Å². The summed E-state index contributed by atoms with van der Waals surface area (Å²) in [5.41, 5.74) is 1.20. The first-order valence-corrected chi connectivity index (χ1v) is 7.02. The van der Waals surface area contributed by atoms with Crippen molar-refractivity contribution in [3.63, 3.8) is 0 Å². The molecule has 3 unspecified atom stereocenters. The average Bonchev–Trinajstić information content (AvgIpc) is 2.98. The molecule has 2 aliphatic rings. The molecule has 0 spiro atoms. The van der Waals surface area contributed by atoms with Gasteiger partial charge in [-0.15, -0.1) is 0 Å². The van der Waals surface area contributed by atoms with Crippen molar-refractivity contribution in [3.05, 3.63) is 30.1 Å². The second-order valence-corrected chi connectivity index (χ2v) is 5.71. The van der Waals surface area contributed by atoms with Crippen molar-refractivity contribution in [2.24, 2.45) is 17.8 Å². The van der Waals surface area contributed by atoms with E-state index in [9.17, 15) is 0 Å². The molecule has 0 amide bonds. The molecule has 1 aromatic heterocycles. The summed E-state index contributed by atoms with van der Waals surface area (Å²) in [4.78, 5) is 4.35. The number of nitrogens with one attached hydrogen (secondary N) is 1. The van der Waals surface area contributed by atoms with Gasteiger partial charge in [-0.05, 0) is 55.7 Å². The molecule has 3 rings (SSSR count). The van der Waals surface area contributed by atoms with Crippen LogP contribution in [0, 0.1) is 17.8 Å². The average molecular weight is 230 g/mol. The molecule has 1 heterocycles. The lowest BCUT2D eigenvalue weighted by Gasteiger charge is -2.21. The van der Waals surface area contributed by atoms with Crippen LogP contribution in [-0.2, 0) is 6.42 Å². The molecule has 0 radical (unpaired) electrons. The van der Waals surface area contributed by atoms with Crippen LogP contribution in [0.4, 0.5) is 0 Å². The van der Waals surface area contributed by atoms with Crippen LogP contribution >= 0.6 is 0 Å². The maximum atomic E-state index is 4.35. The molecule has 2 bridgehead atoms. The van der Waals surface area contributed by atoms with Crippen molar-refractivity contribution in [1.29, 1.82) is 0 Å². The monoisotopic (exact) mass is 230 g/mol. The number of aromatic nitrogens is 1. The molecule has 0 saturated heterocycles. The Hall–Kier alpha value is -0.890. The van der Waals surface area contributed by atoms with E-state index in [4.69, 9.17) is 0 Å². The van der Waals surface area contributed by atoms with Crippen LogP contribution in [0.15, 0.2) is 24.4 Å². The molecule has 0 aliphatic heterocycles. The molecule has 2 nitrogen and oxygen atoms in total. The fraction of sp³-hybridized carbons (Fsp3) is 0.667. The Morgan fingerprint density at radius 1 is 1.24 bits per heavy atom. The fourth-order valence-corrected chi connectivity index (χ4v) is 3.68. The smallest absolute Gasteiger partial charge is 0.0416 e. The third kappa shape index (κ3) is 2.68. The predicted octanol–water partition coefficient (Wildman–Crippen LogP) is 2.65. The van der Waals surface area contributed by atoms with Crippen LogP contribution in [0.5, 0.6) is 0 Å². The summed E-state index contributed by atoms with van der Waals surface area (Å²) in [6.45, 7) is 2.30. The first kappa shape index (κ1) is 11.2. The quantitative estimate of drug-likeness (QED) is 0.787. The minimum absolute atomic E-state index is 0.970. The second kappa shape index (κ2) is 5.18. The van der Waals surface area contributed by atoms with E-state index < -0.39 is 0 Å². The van der Waals surface area contributed by atoms with Crippen LogP contribution in [0.3, 0.4) is 0 Å². The first-order valence-electron chi connectivity index (χ1n) is 7.02. The fourth-order valence-electron chi connectivity index (χ4n) is 3.68. The highest BCUT2D eigenvalue weighted by atomic mass is 14.9. The lowest BCUT2D eigenvalue weighted by atomic mass is 9.89. The molecular formula is C15H22N2. The molecule has 2 heteroatoms. The molecule has 1 aromatic rings. The lowest BCUT2D eigenvalue weighted by Crippen LogP contribution is -2.28. The molecule has 2 aliphatic carbocycles. The van der Waals surface area contributed by atoms with Crippen LogP contribution in [0.25, 0.3) is 0 Å². The van der Waals surface area contributed by atoms with E-state index >= 15 is 0 Å².